The Labute approximate surface area is 203 Å². The summed E-state index contributed by atoms with van der Waals surface area (Å²) in [6.07, 6.45) is 3.15. The van der Waals surface area contributed by atoms with Gasteiger partial charge in [0.1, 0.15) is 0 Å². The number of aromatic nitrogens is 3. The molecule has 180 valence electrons. The summed E-state index contributed by atoms with van der Waals surface area (Å²) in [5, 5.41) is 0. The lowest BCUT2D eigenvalue weighted by Gasteiger charge is -2.17. The van der Waals surface area contributed by atoms with Crippen molar-refractivity contribution in [1.29, 1.82) is 0 Å². The van der Waals surface area contributed by atoms with Crippen molar-refractivity contribution in [2.45, 2.75) is 6.92 Å². The number of anilines is 2. The molecule has 0 radical (unpaired) electrons. The van der Waals surface area contributed by atoms with Crippen molar-refractivity contribution in [3.8, 4) is 34.5 Å². The maximum absolute atomic E-state index is 13.0. The normalized spacial score (nSPS) is 10.9. The van der Waals surface area contributed by atoms with Crippen molar-refractivity contribution < 1.29 is 22.6 Å². The first-order valence-corrected chi connectivity index (χ1v) is 11.9. The number of para-hydroxylation sites is 2. The Hall–Kier alpha value is -4.38. The highest BCUT2D eigenvalue weighted by atomic mass is 32.2. The van der Waals surface area contributed by atoms with Crippen molar-refractivity contribution in [2.75, 3.05) is 23.7 Å². The first-order valence-electron chi connectivity index (χ1n) is 10.4. The Balaban J connectivity index is 1.79. The largest absolute Gasteiger partial charge is 0.493 e. The topological polar surface area (TPSA) is 125 Å². The zero-order valence-corrected chi connectivity index (χ0v) is 20.0. The predicted molar refractivity (Wildman–Crippen MR) is 132 cm³/mol. The zero-order valence-electron chi connectivity index (χ0n) is 19.2. The fourth-order valence-corrected chi connectivity index (χ4v) is 3.99. The van der Waals surface area contributed by atoms with E-state index in [2.05, 4.69) is 24.4 Å². The lowest BCUT2D eigenvalue weighted by atomic mass is 10.2. The van der Waals surface area contributed by atoms with E-state index in [-0.39, 0.29) is 23.3 Å². The second kappa shape index (κ2) is 10.3. The highest BCUT2D eigenvalue weighted by Gasteiger charge is 2.24. The minimum absolute atomic E-state index is 0.0192. The molecular formula is C24H23N5O5S. The molecule has 2 aromatic heterocycles. The predicted octanol–water partition coefficient (Wildman–Crippen LogP) is 4.43. The average molecular weight is 494 g/mol. The van der Waals surface area contributed by atoms with Crippen LogP contribution in [0.5, 0.6) is 23.1 Å². The van der Waals surface area contributed by atoms with E-state index in [1.165, 1.54) is 14.2 Å². The number of nitrogens with one attached hydrogen (secondary N) is 2. The molecule has 0 atom stereocenters. The molecule has 11 heteroatoms. The molecule has 0 unspecified atom stereocenters. The van der Waals surface area contributed by atoms with Crippen molar-refractivity contribution in [2.24, 2.45) is 0 Å². The number of nitrogens with zero attached hydrogens (tertiary/aromatic N) is 3. The molecule has 0 aliphatic carbocycles. The third kappa shape index (κ3) is 5.76. The van der Waals surface area contributed by atoms with E-state index in [0.717, 1.165) is 5.56 Å². The molecule has 0 bridgehead atoms. The van der Waals surface area contributed by atoms with Crippen LogP contribution < -0.4 is 23.7 Å². The number of hydrogen-bond donors (Lipinski definition) is 2. The van der Waals surface area contributed by atoms with Crippen LogP contribution in [-0.4, -0.2) is 37.6 Å². The van der Waals surface area contributed by atoms with Gasteiger partial charge in [0.05, 0.1) is 19.9 Å². The summed E-state index contributed by atoms with van der Waals surface area (Å²) in [5.41, 5.74) is 1.98. The number of hydrogen-bond acceptors (Lipinski definition) is 8. The molecular weight excluding hydrogens is 470 g/mol. The number of pyridine rings is 1. The highest BCUT2D eigenvalue weighted by molar-refractivity contribution is 7.94. The number of ether oxygens (including phenoxy) is 3. The fraction of sp³-hybridized carbons (Fsp3) is 0.125. The monoisotopic (exact) mass is 493 g/mol. The highest BCUT2D eigenvalue weighted by Crippen LogP contribution is 2.41. The summed E-state index contributed by atoms with van der Waals surface area (Å²) >= 11 is 0. The SMILES string of the molecule is COc1ccccc1Oc1c(NS(=O)(=O)Nc2ccc(C)cc2)nc(-c2ccncc2)nc1OC. The van der Waals surface area contributed by atoms with Gasteiger partial charge in [0.2, 0.25) is 5.75 Å². The third-order valence-electron chi connectivity index (χ3n) is 4.78. The molecule has 35 heavy (non-hydrogen) atoms. The standard InChI is InChI=1S/C24H23N5O5S/c1-16-8-10-18(11-9-16)28-35(30,31)29-23-21(34-20-7-5-4-6-19(20)32-2)24(33-3)27-22(26-23)17-12-14-25-15-13-17/h4-15,28H,1-3H3,(H,26,27,29). The maximum Gasteiger partial charge on any atom is 0.322 e. The van der Waals surface area contributed by atoms with Gasteiger partial charge in [-0.3, -0.25) is 9.71 Å². The molecule has 4 rings (SSSR count). The van der Waals surface area contributed by atoms with E-state index in [1.807, 2.05) is 6.92 Å². The molecule has 0 aliphatic rings. The van der Waals surface area contributed by atoms with Crippen LogP contribution in [0.2, 0.25) is 0 Å². The smallest absolute Gasteiger partial charge is 0.322 e. The number of aryl methyl sites for hydroxylation is 1. The Morgan fingerprint density at radius 2 is 1.49 bits per heavy atom. The summed E-state index contributed by atoms with van der Waals surface area (Å²) < 4.78 is 47.8. The van der Waals surface area contributed by atoms with E-state index in [0.29, 0.717) is 22.7 Å². The average Bonchev–Trinajstić information content (AvgIpc) is 2.86. The van der Waals surface area contributed by atoms with Crippen LogP contribution in [0.4, 0.5) is 11.5 Å². The van der Waals surface area contributed by atoms with Gasteiger partial charge < -0.3 is 14.2 Å². The minimum atomic E-state index is -4.12. The van der Waals surface area contributed by atoms with E-state index in [4.69, 9.17) is 14.2 Å². The van der Waals surface area contributed by atoms with Crippen LogP contribution in [0.15, 0.2) is 73.1 Å². The van der Waals surface area contributed by atoms with Crippen molar-refractivity contribution in [1.82, 2.24) is 15.0 Å². The quantitative estimate of drug-likeness (QED) is 0.351. The van der Waals surface area contributed by atoms with Gasteiger partial charge in [0, 0.05) is 18.0 Å². The first kappa shape index (κ1) is 23.8. The van der Waals surface area contributed by atoms with Gasteiger partial charge in [-0.25, -0.2) is 9.71 Å². The van der Waals surface area contributed by atoms with Gasteiger partial charge in [-0.15, -0.1) is 0 Å². The molecule has 4 aromatic rings. The molecule has 0 spiro atoms. The molecule has 0 fully saturated rings. The Morgan fingerprint density at radius 1 is 0.800 bits per heavy atom. The van der Waals surface area contributed by atoms with Gasteiger partial charge >= 0.3 is 10.2 Å². The second-order valence-corrected chi connectivity index (χ2v) is 8.71. The van der Waals surface area contributed by atoms with E-state index in [9.17, 15) is 8.42 Å². The molecule has 0 saturated heterocycles. The summed E-state index contributed by atoms with van der Waals surface area (Å²) in [4.78, 5) is 12.8. The van der Waals surface area contributed by atoms with Crippen LogP contribution in [0.1, 0.15) is 5.56 Å². The second-order valence-electron chi connectivity index (χ2n) is 7.30. The summed E-state index contributed by atoms with van der Waals surface area (Å²) in [6.45, 7) is 1.91. The van der Waals surface area contributed by atoms with Gasteiger partial charge in [-0.2, -0.15) is 13.4 Å². The van der Waals surface area contributed by atoms with Gasteiger partial charge in [-0.05, 0) is 43.3 Å². The minimum Gasteiger partial charge on any atom is -0.493 e. The van der Waals surface area contributed by atoms with Gasteiger partial charge in [-0.1, -0.05) is 29.8 Å². The summed E-state index contributed by atoms with van der Waals surface area (Å²) in [7, 11) is -1.23. The summed E-state index contributed by atoms with van der Waals surface area (Å²) in [5.74, 6) is 0.813. The van der Waals surface area contributed by atoms with Crippen molar-refractivity contribution in [3.05, 3.63) is 78.6 Å². The van der Waals surface area contributed by atoms with Crippen LogP contribution in [0.25, 0.3) is 11.4 Å². The van der Waals surface area contributed by atoms with Crippen molar-refractivity contribution >= 4 is 21.7 Å². The number of methoxy groups -OCH3 is 2. The van der Waals surface area contributed by atoms with Crippen LogP contribution in [0.3, 0.4) is 0 Å². The first-order chi connectivity index (χ1) is 16.9. The maximum atomic E-state index is 13.0. The molecule has 2 N–H and O–H groups in total. The van der Waals surface area contributed by atoms with Gasteiger partial charge in [0.15, 0.2) is 23.1 Å². The lowest BCUT2D eigenvalue weighted by Crippen LogP contribution is -2.23. The molecule has 2 aromatic carbocycles. The Morgan fingerprint density at radius 3 is 2.14 bits per heavy atom. The van der Waals surface area contributed by atoms with Crippen molar-refractivity contribution in [3.63, 3.8) is 0 Å². The molecule has 0 saturated carbocycles. The lowest BCUT2D eigenvalue weighted by molar-refractivity contribution is 0.348. The molecule has 0 amide bonds. The van der Waals surface area contributed by atoms with Crippen LogP contribution >= 0.6 is 0 Å². The van der Waals surface area contributed by atoms with Gasteiger partial charge in [0.25, 0.3) is 5.88 Å². The zero-order chi connectivity index (χ0) is 24.8. The number of rotatable bonds is 9. The third-order valence-corrected chi connectivity index (χ3v) is 5.75. The fourth-order valence-electron chi connectivity index (χ4n) is 3.10. The molecule has 10 nitrogen and oxygen atoms in total. The van der Waals surface area contributed by atoms with E-state index < -0.39 is 10.2 Å². The summed E-state index contributed by atoms with van der Waals surface area (Å²) in [6, 6.07) is 17.2. The molecule has 0 aliphatic heterocycles. The molecule has 2 heterocycles. The van der Waals surface area contributed by atoms with E-state index >= 15 is 0 Å². The number of benzene rings is 2. The van der Waals surface area contributed by atoms with Crippen LogP contribution in [0, 0.1) is 6.92 Å². The Kier molecular flexibility index (Phi) is 6.97. The van der Waals surface area contributed by atoms with Crippen LogP contribution in [-0.2, 0) is 10.2 Å². The van der Waals surface area contributed by atoms with E-state index in [1.54, 1.807) is 73.1 Å². The Bertz CT molecular complexity index is 1410.